The summed E-state index contributed by atoms with van der Waals surface area (Å²) in [5, 5.41) is 15.4. The van der Waals surface area contributed by atoms with E-state index in [1.54, 1.807) is 13.8 Å². The van der Waals surface area contributed by atoms with Gasteiger partial charge in [-0.25, -0.2) is 4.79 Å². The molecular formula is C16H21N3O3. The first-order valence-corrected chi connectivity index (χ1v) is 7.13. The topological polar surface area (TPSA) is 83.4 Å². The number of aliphatic carboxylic acids is 1. The van der Waals surface area contributed by atoms with Gasteiger partial charge in [0.1, 0.15) is 0 Å². The SMILES string of the molecule is Cn1ccc2ccc(NC(=O)NC(C)(C)CCC(=O)O)cc21. The summed E-state index contributed by atoms with van der Waals surface area (Å²) in [6.07, 6.45) is 2.35. The highest BCUT2D eigenvalue weighted by Gasteiger charge is 2.21. The molecule has 6 nitrogen and oxygen atoms in total. The number of carboxylic acids is 1. The first-order valence-electron chi connectivity index (χ1n) is 7.13. The number of aromatic nitrogens is 1. The Bertz CT molecular complexity index is 704. The monoisotopic (exact) mass is 303 g/mol. The van der Waals surface area contributed by atoms with Crippen LogP contribution in [0.1, 0.15) is 26.7 Å². The van der Waals surface area contributed by atoms with Gasteiger partial charge in [0.05, 0.1) is 0 Å². The van der Waals surface area contributed by atoms with Crippen LogP contribution in [0.15, 0.2) is 30.5 Å². The molecule has 0 saturated heterocycles. The first-order chi connectivity index (χ1) is 10.3. The minimum absolute atomic E-state index is 0.0165. The lowest BCUT2D eigenvalue weighted by Crippen LogP contribution is -2.45. The zero-order valence-corrected chi connectivity index (χ0v) is 13.0. The number of benzene rings is 1. The van der Waals surface area contributed by atoms with Crippen LogP contribution in [0.5, 0.6) is 0 Å². The highest BCUT2D eigenvalue weighted by molar-refractivity contribution is 5.93. The minimum atomic E-state index is -0.871. The van der Waals surface area contributed by atoms with Crippen LogP contribution in [-0.4, -0.2) is 27.2 Å². The molecule has 118 valence electrons. The van der Waals surface area contributed by atoms with Gasteiger partial charge in [0.2, 0.25) is 0 Å². The van der Waals surface area contributed by atoms with Gasteiger partial charge in [-0.1, -0.05) is 6.07 Å². The summed E-state index contributed by atoms with van der Waals surface area (Å²) >= 11 is 0. The Morgan fingerprint density at radius 1 is 1.27 bits per heavy atom. The van der Waals surface area contributed by atoms with Gasteiger partial charge < -0.3 is 20.3 Å². The van der Waals surface area contributed by atoms with Gasteiger partial charge in [0, 0.05) is 36.4 Å². The highest BCUT2D eigenvalue weighted by Crippen LogP contribution is 2.20. The quantitative estimate of drug-likeness (QED) is 0.794. The number of rotatable bonds is 5. The van der Waals surface area contributed by atoms with E-state index < -0.39 is 11.5 Å². The standard InChI is InChI=1S/C16H21N3O3/c1-16(2,8-6-14(20)21)18-15(22)17-12-5-4-11-7-9-19(3)13(11)10-12/h4-5,7,9-10H,6,8H2,1-3H3,(H,20,21)(H2,17,18,22). The molecule has 6 heteroatoms. The molecule has 0 fully saturated rings. The van der Waals surface area contributed by atoms with E-state index in [9.17, 15) is 9.59 Å². The second-order valence-electron chi connectivity index (χ2n) is 6.06. The third-order valence-corrected chi connectivity index (χ3v) is 3.56. The molecule has 0 saturated carbocycles. The van der Waals surface area contributed by atoms with Crippen LogP contribution >= 0.6 is 0 Å². The number of carbonyl (C=O) groups excluding carboxylic acids is 1. The van der Waals surface area contributed by atoms with Crippen LogP contribution in [0.2, 0.25) is 0 Å². The Kier molecular flexibility index (Phi) is 4.40. The maximum absolute atomic E-state index is 12.1. The first kappa shape index (κ1) is 15.9. The summed E-state index contributed by atoms with van der Waals surface area (Å²) in [7, 11) is 1.95. The molecule has 0 aliphatic rings. The third kappa shape index (κ3) is 4.00. The van der Waals surface area contributed by atoms with Crippen molar-refractivity contribution in [1.29, 1.82) is 0 Å². The number of carbonyl (C=O) groups is 2. The lowest BCUT2D eigenvalue weighted by atomic mass is 9.99. The van der Waals surface area contributed by atoms with Gasteiger partial charge in [-0.2, -0.15) is 0 Å². The second kappa shape index (κ2) is 6.09. The van der Waals surface area contributed by atoms with Crippen LogP contribution in [0.3, 0.4) is 0 Å². The van der Waals surface area contributed by atoms with E-state index in [2.05, 4.69) is 10.6 Å². The molecule has 0 aliphatic carbocycles. The van der Waals surface area contributed by atoms with Crippen LogP contribution in [0.4, 0.5) is 10.5 Å². The second-order valence-corrected chi connectivity index (χ2v) is 6.06. The van der Waals surface area contributed by atoms with Crippen molar-refractivity contribution in [2.75, 3.05) is 5.32 Å². The van der Waals surface area contributed by atoms with Crippen molar-refractivity contribution in [3.8, 4) is 0 Å². The number of carboxylic acid groups (broad SMARTS) is 1. The Balaban J connectivity index is 2.00. The van der Waals surface area contributed by atoms with Crippen molar-refractivity contribution >= 4 is 28.6 Å². The predicted molar refractivity (Wildman–Crippen MR) is 86.0 cm³/mol. The summed E-state index contributed by atoms with van der Waals surface area (Å²) < 4.78 is 1.98. The summed E-state index contributed by atoms with van der Waals surface area (Å²) in [6.45, 7) is 3.60. The lowest BCUT2D eigenvalue weighted by molar-refractivity contribution is -0.137. The molecule has 1 aromatic carbocycles. The third-order valence-electron chi connectivity index (χ3n) is 3.56. The van der Waals surface area contributed by atoms with E-state index in [1.165, 1.54) is 0 Å². The number of amides is 2. The van der Waals surface area contributed by atoms with E-state index >= 15 is 0 Å². The number of anilines is 1. The Morgan fingerprint density at radius 2 is 2.00 bits per heavy atom. The van der Waals surface area contributed by atoms with E-state index in [0.29, 0.717) is 12.1 Å². The summed E-state index contributed by atoms with van der Waals surface area (Å²) in [5.74, 6) is -0.871. The Hall–Kier alpha value is -2.50. The molecular weight excluding hydrogens is 282 g/mol. The van der Waals surface area contributed by atoms with E-state index in [0.717, 1.165) is 10.9 Å². The van der Waals surface area contributed by atoms with Gasteiger partial charge in [-0.3, -0.25) is 4.79 Å². The maximum atomic E-state index is 12.1. The Labute approximate surface area is 129 Å². The van der Waals surface area contributed by atoms with Crippen molar-refractivity contribution in [3.63, 3.8) is 0 Å². The van der Waals surface area contributed by atoms with Crippen LogP contribution in [0, 0.1) is 0 Å². The van der Waals surface area contributed by atoms with Crippen LogP contribution in [0.25, 0.3) is 10.9 Å². The van der Waals surface area contributed by atoms with E-state index in [4.69, 9.17) is 5.11 Å². The van der Waals surface area contributed by atoms with Gasteiger partial charge in [0.15, 0.2) is 0 Å². The number of urea groups is 1. The lowest BCUT2D eigenvalue weighted by Gasteiger charge is -2.25. The van der Waals surface area contributed by atoms with Gasteiger partial charge in [0.25, 0.3) is 0 Å². The van der Waals surface area contributed by atoms with E-state index in [1.807, 2.05) is 42.1 Å². The zero-order chi connectivity index (χ0) is 16.3. The average molecular weight is 303 g/mol. The van der Waals surface area contributed by atoms with E-state index in [-0.39, 0.29) is 12.5 Å². The maximum Gasteiger partial charge on any atom is 0.319 e. The van der Waals surface area contributed by atoms with Crippen molar-refractivity contribution in [3.05, 3.63) is 30.5 Å². The number of nitrogens with one attached hydrogen (secondary N) is 2. The average Bonchev–Trinajstić information content (AvgIpc) is 2.77. The van der Waals surface area contributed by atoms with Crippen molar-refractivity contribution < 1.29 is 14.7 Å². The molecule has 0 atom stereocenters. The summed E-state index contributed by atoms with van der Waals surface area (Å²) in [5.41, 5.74) is 1.14. The number of fused-ring (bicyclic) bond motifs is 1. The number of nitrogens with zero attached hydrogens (tertiary/aromatic N) is 1. The minimum Gasteiger partial charge on any atom is -0.481 e. The van der Waals surface area contributed by atoms with Crippen molar-refractivity contribution in [1.82, 2.24) is 9.88 Å². The number of hydrogen-bond donors (Lipinski definition) is 3. The normalized spacial score (nSPS) is 11.4. The summed E-state index contributed by atoms with van der Waals surface area (Å²) in [4.78, 5) is 22.7. The summed E-state index contributed by atoms with van der Waals surface area (Å²) in [6, 6.07) is 7.35. The molecule has 2 rings (SSSR count). The van der Waals surface area contributed by atoms with Gasteiger partial charge >= 0.3 is 12.0 Å². The van der Waals surface area contributed by atoms with Crippen molar-refractivity contribution in [2.45, 2.75) is 32.2 Å². The van der Waals surface area contributed by atoms with Crippen LogP contribution in [-0.2, 0) is 11.8 Å². The molecule has 0 aliphatic heterocycles. The molecule has 1 aromatic heterocycles. The molecule has 0 radical (unpaired) electrons. The molecule has 2 aromatic rings. The smallest absolute Gasteiger partial charge is 0.319 e. The van der Waals surface area contributed by atoms with Gasteiger partial charge in [-0.15, -0.1) is 0 Å². The molecule has 2 amide bonds. The highest BCUT2D eigenvalue weighted by atomic mass is 16.4. The number of aryl methyl sites for hydroxylation is 1. The molecule has 0 unspecified atom stereocenters. The van der Waals surface area contributed by atoms with Crippen molar-refractivity contribution in [2.24, 2.45) is 7.05 Å². The molecule has 0 bridgehead atoms. The fraction of sp³-hybridized carbons (Fsp3) is 0.375. The fourth-order valence-electron chi connectivity index (χ4n) is 2.29. The molecule has 22 heavy (non-hydrogen) atoms. The largest absolute Gasteiger partial charge is 0.481 e. The Morgan fingerprint density at radius 3 is 2.68 bits per heavy atom. The predicted octanol–water partition coefficient (Wildman–Crippen LogP) is 2.94. The molecule has 0 spiro atoms. The van der Waals surface area contributed by atoms with Crippen LogP contribution < -0.4 is 10.6 Å². The zero-order valence-electron chi connectivity index (χ0n) is 13.0. The number of hydrogen-bond acceptors (Lipinski definition) is 2. The fourth-order valence-corrected chi connectivity index (χ4v) is 2.29. The van der Waals surface area contributed by atoms with Gasteiger partial charge in [-0.05, 0) is 43.9 Å². The molecule has 1 heterocycles. The molecule has 3 N–H and O–H groups in total.